The van der Waals surface area contributed by atoms with Gasteiger partial charge < -0.3 is 10.2 Å². The van der Waals surface area contributed by atoms with Gasteiger partial charge in [0, 0.05) is 55.7 Å². The molecule has 1 N–H and O–H groups in total. The van der Waals surface area contributed by atoms with E-state index in [9.17, 15) is 9.59 Å². The minimum Gasteiger partial charge on any atom is -0.369 e. The van der Waals surface area contributed by atoms with Crippen LogP contribution in [0.5, 0.6) is 0 Å². The Morgan fingerprint density at radius 2 is 2.04 bits per heavy atom. The van der Waals surface area contributed by atoms with E-state index in [4.69, 9.17) is 0 Å². The molecule has 0 aliphatic carbocycles. The van der Waals surface area contributed by atoms with Crippen LogP contribution >= 0.6 is 11.8 Å². The number of ketones is 2. The highest BCUT2D eigenvalue weighted by Crippen LogP contribution is 2.17. The van der Waals surface area contributed by atoms with Gasteiger partial charge >= 0.3 is 0 Å². The molecule has 2 heterocycles. The normalized spacial score (nSPS) is 15.3. The molecule has 0 saturated carbocycles. The zero-order chi connectivity index (χ0) is 16.5. The van der Waals surface area contributed by atoms with Gasteiger partial charge in [-0.25, -0.2) is 0 Å². The smallest absolute Gasteiger partial charge is 0.165 e. The van der Waals surface area contributed by atoms with Crippen LogP contribution < -0.4 is 10.2 Å². The van der Waals surface area contributed by atoms with E-state index in [-0.39, 0.29) is 11.6 Å². The number of pyridine rings is 1. The summed E-state index contributed by atoms with van der Waals surface area (Å²) < 4.78 is 0. The second-order valence-corrected chi connectivity index (χ2v) is 6.98. The van der Waals surface area contributed by atoms with Crippen molar-refractivity contribution in [2.24, 2.45) is 0 Å². The predicted molar refractivity (Wildman–Crippen MR) is 95.5 cm³/mol. The quantitative estimate of drug-likeness (QED) is 0.580. The van der Waals surface area contributed by atoms with Crippen molar-refractivity contribution >= 4 is 29.0 Å². The van der Waals surface area contributed by atoms with E-state index >= 15 is 0 Å². The molecule has 1 aromatic heterocycles. The average molecular weight is 335 g/mol. The third kappa shape index (κ3) is 6.31. The number of aromatic nitrogens is 1. The number of carbonyl (C=O) groups is 2. The first-order valence-electron chi connectivity index (χ1n) is 8.18. The topological polar surface area (TPSA) is 62.3 Å². The largest absolute Gasteiger partial charge is 0.369 e. The van der Waals surface area contributed by atoms with Gasteiger partial charge in [-0.05, 0) is 26.0 Å². The van der Waals surface area contributed by atoms with Crippen molar-refractivity contribution in [2.75, 3.05) is 42.6 Å². The maximum absolute atomic E-state index is 12.3. The van der Waals surface area contributed by atoms with Crippen LogP contribution in [0.2, 0.25) is 0 Å². The molecule has 1 aliphatic rings. The minimum absolute atomic E-state index is 0.127. The summed E-state index contributed by atoms with van der Waals surface area (Å²) in [6, 6.07) is 1.96. The standard InChI is InChI=1S/C17H25N3O2S/c1-14(21)3-9-23-10-4-17(22)15-11-16(13-19-12-15)20-7-2-5-18-6-8-20/h11-13,18H,2-10H2,1H3. The van der Waals surface area contributed by atoms with E-state index in [1.165, 1.54) is 0 Å². The summed E-state index contributed by atoms with van der Waals surface area (Å²) >= 11 is 1.66. The fraction of sp³-hybridized carbons (Fsp3) is 0.588. The molecule has 0 bridgehead atoms. The molecular formula is C17H25N3O2S. The zero-order valence-corrected chi connectivity index (χ0v) is 14.5. The average Bonchev–Trinajstić information content (AvgIpc) is 2.83. The van der Waals surface area contributed by atoms with Crippen molar-refractivity contribution in [3.8, 4) is 0 Å². The number of nitrogens with zero attached hydrogens (tertiary/aromatic N) is 2. The van der Waals surface area contributed by atoms with Crippen LogP contribution in [0.1, 0.15) is 36.5 Å². The van der Waals surface area contributed by atoms with Gasteiger partial charge in [0.2, 0.25) is 0 Å². The van der Waals surface area contributed by atoms with Gasteiger partial charge in [-0.15, -0.1) is 0 Å². The minimum atomic E-state index is 0.127. The number of carbonyl (C=O) groups excluding carboxylic acids is 2. The van der Waals surface area contributed by atoms with Crippen LogP contribution in [-0.2, 0) is 4.79 Å². The lowest BCUT2D eigenvalue weighted by atomic mass is 10.1. The number of anilines is 1. The highest BCUT2D eigenvalue weighted by Gasteiger charge is 2.13. The summed E-state index contributed by atoms with van der Waals surface area (Å²) in [5.41, 5.74) is 1.72. The van der Waals surface area contributed by atoms with E-state index in [1.807, 2.05) is 12.3 Å². The van der Waals surface area contributed by atoms with Crippen molar-refractivity contribution in [3.05, 3.63) is 24.0 Å². The van der Waals surface area contributed by atoms with E-state index in [2.05, 4.69) is 15.2 Å². The van der Waals surface area contributed by atoms with E-state index in [0.717, 1.165) is 49.8 Å². The van der Waals surface area contributed by atoms with Crippen LogP contribution in [-0.4, -0.2) is 54.2 Å². The predicted octanol–water partition coefficient (Wildman–Crippen LogP) is 2.17. The molecule has 1 aliphatic heterocycles. The third-order valence-corrected chi connectivity index (χ3v) is 4.81. The van der Waals surface area contributed by atoms with E-state index in [0.29, 0.717) is 18.4 Å². The molecule has 0 spiro atoms. The van der Waals surface area contributed by atoms with Crippen LogP contribution in [0.15, 0.2) is 18.5 Å². The monoisotopic (exact) mass is 335 g/mol. The van der Waals surface area contributed by atoms with Crippen LogP contribution in [0, 0.1) is 0 Å². The summed E-state index contributed by atoms with van der Waals surface area (Å²) in [6.07, 6.45) is 5.67. The Morgan fingerprint density at radius 1 is 1.22 bits per heavy atom. The number of hydrogen-bond donors (Lipinski definition) is 1. The lowest BCUT2D eigenvalue weighted by Crippen LogP contribution is -2.28. The maximum atomic E-state index is 12.3. The Hall–Kier alpha value is -1.40. The second kappa shape index (κ2) is 9.67. The van der Waals surface area contributed by atoms with Gasteiger partial charge in [-0.1, -0.05) is 0 Å². The molecule has 126 valence electrons. The van der Waals surface area contributed by atoms with Gasteiger partial charge in [0.05, 0.1) is 11.9 Å². The Morgan fingerprint density at radius 3 is 2.87 bits per heavy atom. The number of hydrogen-bond acceptors (Lipinski definition) is 6. The van der Waals surface area contributed by atoms with Crippen molar-refractivity contribution in [1.29, 1.82) is 0 Å². The van der Waals surface area contributed by atoms with Gasteiger partial charge in [-0.2, -0.15) is 11.8 Å². The third-order valence-electron chi connectivity index (χ3n) is 3.82. The van der Waals surface area contributed by atoms with Crippen molar-refractivity contribution in [3.63, 3.8) is 0 Å². The van der Waals surface area contributed by atoms with Crippen molar-refractivity contribution in [2.45, 2.75) is 26.2 Å². The Balaban J connectivity index is 1.85. The number of thioether (sulfide) groups is 1. The van der Waals surface area contributed by atoms with Crippen molar-refractivity contribution in [1.82, 2.24) is 10.3 Å². The summed E-state index contributed by atoms with van der Waals surface area (Å²) in [7, 11) is 0. The molecule has 1 saturated heterocycles. The molecule has 0 unspecified atom stereocenters. The molecule has 0 atom stereocenters. The summed E-state index contributed by atoms with van der Waals surface area (Å²) in [6.45, 7) is 5.54. The summed E-state index contributed by atoms with van der Waals surface area (Å²) in [4.78, 5) is 29.7. The van der Waals surface area contributed by atoms with Crippen LogP contribution in [0.4, 0.5) is 5.69 Å². The molecule has 1 fully saturated rings. The first-order valence-corrected chi connectivity index (χ1v) is 9.33. The molecule has 2 rings (SSSR count). The number of Topliss-reactive ketones (excluding diaryl/α,β-unsaturated/α-hetero) is 2. The van der Waals surface area contributed by atoms with Crippen LogP contribution in [0.3, 0.4) is 0 Å². The molecule has 23 heavy (non-hydrogen) atoms. The lowest BCUT2D eigenvalue weighted by Gasteiger charge is -2.22. The molecule has 0 aromatic carbocycles. The first kappa shape index (κ1) is 17.9. The van der Waals surface area contributed by atoms with Gasteiger partial charge in [-0.3, -0.25) is 14.6 Å². The summed E-state index contributed by atoms with van der Waals surface area (Å²) in [5, 5.41) is 3.38. The summed E-state index contributed by atoms with van der Waals surface area (Å²) in [5.74, 6) is 1.88. The lowest BCUT2D eigenvalue weighted by molar-refractivity contribution is -0.116. The van der Waals surface area contributed by atoms with Crippen LogP contribution in [0.25, 0.3) is 0 Å². The molecule has 5 nitrogen and oxygen atoms in total. The van der Waals surface area contributed by atoms with Gasteiger partial charge in [0.25, 0.3) is 0 Å². The van der Waals surface area contributed by atoms with E-state index in [1.54, 1.807) is 24.9 Å². The molecule has 0 radical (unpaired) electrons. The van der Waals surface area contributed by atoms with Gasteiger partial charge in [0.1, 0.15) is 5.78 Å². The molecule has 1 aromatic rings. The zero-order valence-electron chi connectivity index (χ0n) is 13.7. The Kier molecular flexibility index (Phi) is 7.55. The molecule has 0 amide bonds. The molecule has 6 heteroatoms. The fourth-order valence-corrected chi connectivity index (χ4v) is 3.45. The highest BCUT2D eigenvalue weighted by molar-refractivity contribution is 7.99. The fourth-order valence-electron chi connectivity index (χ4n) is 2.48. The maximum Gasteiger partial charge on any atom is 0.165 e. The number of rotatable bonds is 8. The van der Waals surface area contributed by atoms with Gasteiger partial charge in [0.15, 0.2) is 5.78 Å². The first-order chi connectivity index (χ1) is 11.2. The Labute approximate surface area is 142 Å². The van der Waals surface area contributed by atoms with Crippen molar-refractivity contribution < 1.29 is 9.59 Å². The Bertz CT molecular complexity index is 528. The molecular weight excluding hydrogens is 310 g/mol. The second-order valence-electron chi connectivity index (χ2n) is 5.76. The number of nitrogens with one attached hydrogen (secondary N) is 1. The van der Waals surface area contributed by atoms with E-state index < -0.39 is 0 Å². The highest BCUT2D eigenvalue weighted by atomic mass is 32.2. The SMILES string of the molecule is CC(=O)CCSCCC(=O)c1cncc(N2CCCNCC2)c1.